The van der Waals surface area contributed by atoms with Crippen LogP contribution < -0.4 is 0 Å². The van der Waals surface area contributed by atoms with Gasteiger partial charge in [0.25, 0.3) is 0 Å². The fourth-order valence-corrected chi connectivity index (χ4v) is 1.57. The van der Waals surface area contributed by atoms with Gasteiger partial charge in [-0.15, -0.1) is 0 Å². The van der Waals surface area contributed by atoms with Crippen molar-refractivity contribution in [3.63, 3.8) is 0 Å². The number of carbonyl (C=O) groups is 1. The summed E-state index contributed by atoms with van der Waals surface area (Å²) >= 11 is 0. The van der Waals surface area contributed by atoms with E-state index in [1.54, 1.807) is 0 Å². The first-order chi connectivity index (χ1) is 7.52. The third-order valence-electron chi connectivity index (χ3n) is 2.28. The molecule has 1 heterocycles. The highest BCUT2D eigenvalue weighted by Crippen LogP contribution is 2.20. The van der Waals surface area contributed by atoms with Crippen molar-refractivity contribution in [1.29, 1.82) is 0 Å². The number of likely N-dealkylation sites (tertiary alicyclic amines) is 1. The lowest BCUT2D eigenvalue weighted by Crippen LogP contribution is -2.42. The number of piperidine rings is 1. The van der Waals surface area contributed by atoms with E-state index in [1.165, 1.54) is 19.3 Å². The Morgan fingerprint density at radius 3 is 1.56 bits per heavy atom. The first kappa shape index (κ1) is 17.9. The highest BCUT2D eigenvalue weighted by Gasteiger charge is 2.27. The molecule has 1 aliphatic heterocycles. The van der Waals surface area contributed by atoms with Gasteiger partial charge in [0.2, 0.25) is 5.91 Å². The summed E-state index contributed by atoms with van der Waals surface area (Å²) in [5.74, 6) is 0.308. The maximum Gasteiger partial charge on any atom is 0.227 e. The van der Waals surface area contributed by atoms with E-state index < -0.39 is 0 Å². The van der Waals surface area contributed by atoms with Crippen LogP contribution >= 0.6 is 0 Å². The molecule has 0 bridgehead atoms. The Balaban J connectivity index is 0. The Labute approximate surface area is 102 Å². The summed E-state index contributed by atoms with van der Waals surface area (Å²) in [5.41, 5.74) is -0.197. The standard InChI is InChI=1S/C10H19NO.2C2H6/c1-10(2,3)9(12)11-7-5-4-6-8-11;2*1-2/h4-8H2,1-3H3;2*1-2H3. The lowest BCUT2D eigenvalue weighted by molar-refractivity contribution is -0.140. The van der Waals surface area contributed by atoms with Gasteiger partial charge >= 0.3 is 0 Å². The molecule has 16 heavy (non-hydrogen) atoms. The molecule has 0 aliphatic carbocycles. The Bertz CT molecular complexity index is 164. The fourth-order valence-electron chi connectivity index (χ4n) is 1.57. The molecule has 1 saturated heterocycles. The number of rotatable bonds is 0. The average molecular weight is 229 g/mol. The number of hydrogen-bond donors (Lipinski definition) is 0. The van der Waals surface area contributed by atoms with Crippen molar-refractivity contribution in [3.8, 4) is 0 Å². The number of hydrogen-bond acceptors (Lipinski definition) is 1. The summed E-state index contributed by atoms with van der Waals surface area (Å²) < 4.78 is 0. The Hall–Kier alpha value is -0.530. The van der Waals surface area contributed by atoms with E-state index in [4.69, 9.17) is 0 Å². The summed E-state index contributed by atoms with van der Waals surface area (Å²) in [7, 11) is 0. The van der Waals surface area contributed by atoms with Gasteiger partial charge in [-0.25, -0.2) is 0 Å². The van der Waals surface area contributed by atoms with Crippen LogP contribution in [0.15, 0.2) is 0 Å². The monoisotopic (exact) mass is 229 g/mol. The first-order valence-electron chi connectivity index (χ1n) is 6.81. The van der Waals surface area contributed by atoms with Crippen LogP contribution in [0, 0.1) is 5.41 Å². The average Bonchev–Trinajstić information content (AvgIpc) is 2.33. The quantitative estimate of drug-likeness (QED) is 0.612. The van der Waals surface area contributed by atoms with Gasteiger partial charge in [0.1, 0.15) is 0 Å². The summed E-state index contributed by atoms with van der Waals surface area (Å²) in [6, 6.07) is 0. The summed E-state index contributed by atoms with van der Waals surface area (Å²) in [6.07, 6.45) is 3.65. The van der Waals surface area contributed by atoms with Crippen LogP contribution in [0.2, 0.25) is 0 Å². The topological polar surface area (TPSA) is 20.3 Å². The molecule has 0 radical (unpaired) electrons. The van der Waals surface area contributed by atoms with Crippen molar-refractivity contribution in [2.75, 3.05) is 13.1 Å². The second-order valence-electron chi connectivity index (χ2n) is 4.60. The van der Waals surface area contributed by atoms with Gasteiger partial charge in [-0.05, 0) is 19.3 Å². The molecule has 0 atom stereocenters. The van der Waals surface area contributed by atoms with Crippen LogP contribution in [0.4, 0.5) is 0 Å². The first-order valence-corrected chi connectivity index (χ1v) is 6.81. The lowest BCUT2D eigenvalue weighted by Gasteiger charge is -2.32. The van der Waals surface area contributed by atoms with Gasteiger partial charge < -0.3 is 4.90 Å². The summed E-state index contributed by atoms with van der Waals surface area (Å²) in [6.45, 7) is 15.9. The van der Waals surface area contributed by atoms with Crippen molar-refractivity contribution in [3.05, 3.63) is 0 Å². The maximum absolute atomic E-state index is 11.7. The van der Waals surface area contributed by atoms with Crippen molar-refractivity contribution in [1.82, 2.24) is 4.90 Å². The fraction of sp³-hybridized carbons (Fsp3) is 0.929. The Morgan fingerprint density at radius 1 is 0.875 bits per heavy atom. The highest BCUT2D eigenvalue weighted by atomic mass is 16.2. The second-order valence-corrected chi connectivity index (χ2v) is 4.60. The molecular weight excluding hydrogens is 198 g/mol. The van der Waals surface area contributed by atoms with Gasteiger partial charge in [0, 0.05) is 18.5 Å². The molecule has 0 spiro atoms. The third-order valence-corrected chi connectivity index (χ3v) is 2.28. The van der Waals surface area contributed by atoms with E-state index in [0.29, 0.717) is 5.91 Å². The van der Waals surface area contributed by atoms with Gasteiger partial charge in [-0.3, -0.25) is 4.79 Å². The molecular formula is C14H31NO. The van der Waals surface area contributed by atoms with Crippen LogP contribution in [0.1, 0.15) is 67.7 Å². The molecule has 1 fully saturated rings. The molecule has 0 saturated carbocycles. The second kappa shape index (κ2) is 9.68. The molecule has 1 rings (SSSR count). The van der Waals surface area contributed by atoms with Crippen LogP contribution in [-0.2, 0) is 4.79 Å². The zero-order chi connectivity index (χ0) is 13.2. The predicted molar refractivity (Wildman–Crippen MR) is 72.6 cm³/mol. The molecule has 1 aliphatic rings. The van der Waals surface area contributed by atoms with Crippen LogP contribution in [0.5, 0.6) is 0 Å². The van der Waals surface area contributed by atoms with Crippen LogP contribution in [0.25, 0.3) is 0 Å². The molecule has 1 amide bonds. The number of amides is 1. The molecule has 0 aromatic carbocycles. The van der Waals surface area contributed by atoms with Crippen molar-refractivity contribution in [2.45, 2.75) is 67.7 Å². The number of carbonyl (C=O) groups excluding carboxylic acids is 1. The smallest absolute Gasteiger partial charge is 0.227 e. The van der Waals surface area contributed by atoms with E-state index >= 15 is 0 Å². The normalized spacial score (nSPS) is 15.3. The van der Waals surface area contributed by atoms with E-state index in [1.807, 2.05) is 53.4 Å². The molecule has 98 valence electrons. The van der Waals surface area contributed by atoms with E-state index in [0.717, 1.165) is 13.1 Å². The predicted octanol–water partition coefficient (Wildman–Crippen LogP) is 4.10. The highest BCUT2D eigenvalue weighted by molar-refractivity contribution is 5.81. The minimum absolute atomic E-state index is 0.197. The van der Waals surface area contributed by atoms with Crippen LogP contribution in [0.3, 0.4) is 0 Å². The minimum atomic E-state index is -0.197. The molecule has 2 nitrogen and oxygen atoms in total. The zero-order valence-corrected chi connectivity index (χ0v) is 12.4. The molecule has 0 aromatic heterocycles. The van der Waals surface area contributed by atoms with Crippen molar-refractivity contribution >= 4 is 5.91 Å². The van der Waals surface area contributed by atoms with E-state index in [-0.39, 0.29) is 5.41 Å². The van der Waals surface area contributed by atoms with Gasteiger partial charge in [0.15, 0.2) is 0 Å². The van der Waals surface area contributed by atoms with Gasteiger partial charge in [0.05, 0.1) is 0 Å². The van der Waals surface area contributed by atoms with Crippen LogP contribution in [-0.4, -0.2) is 23.9 Å². The molecule has 2 heteroatoms. The van der Waals surface area contributed by atoms with Gasteiger partial charge in [-0.2, -0.15) is 0 Å². The van der Waals surface area contributed by atoms with Crippen molar-refractivity contribution in [2.24, 2.45) is 5.41 Å². The Morgan fingerprint density at radius 2 is 1.25 bits per heavy atom. The summed E-state index contributed by atoms with van der Waals surface area (Å²) in [4.78, 5) is 13.7. The summed E-state index contributed by atoms with van der Waals surface area (Å²) in [5, 5.41) is 0. The minimum Gasteiger partial charge on any atom is -0.342 e. The lowest BCUT2D eigenvalue weighted by atomic mass is 9.93. The van der Waals surface area contributed by atoms with Crippen molar-refractivity contribution < 1.29 is 4.79 Å². The molecule has 0 N–H and O–H groups in total. The molecule has 0 unspecified atom stereocenters. The zero-order valence-electron chi connectivity index (χ0n) is 12.4. The van der Waals surface area contributed by atoms with E-state index in [2.05, 4.69) is 0 Å². The third kappa shape index (κ3) is 6.86. The largest absolute Gasteiger partial charge is 0.342 e. The van der Waals surface area contributed by atoms with E-state index in [9.17, 15) is 4.79 Å². The SMILES string of the molecule is CC.CC.CC(C)(C)C(=O)N1CCCCC1. The van der Waals surface area contributed by atoms with Gasteiger partial charge in [-0.1, -0.05) is 48.5 Å². The number of nitrogens with zero attached hydrogens (tertiary/aromatic N) is 1. The maximum atomic E-state index is 11.7. The molecule has 0 aromatic rings. The Kier molecular flexibility index (Phi) is 10.8.